The Bertz CT molecular complexity index is 346. The second-order valence-corrected chi connectivity index (χ2v) is 5.62. The summed E-state index contributed by atoms with van der Waals surface area (Å²) in [5.41, 5.74) is 13.1. The van der Waals surface area contributed by atoms with Crippen LogP contribution in [-0.2, 0) is 0 Å². The van der Waals surface area contributed by atoms with Crippen molar-refractivity contribution in [2.24, 2.45) is 17.4 Å². The summed E-state index contributed by atoms with van der Waals surface area (Å²) in [4.78, 5) is 8.22. The molecule has 1 fully saturated rings. The van der Waals surface area contributed by atoms with E-state index in [1.165, 1.54) is 12.8 Å². The zero-order valence-corrected chi connectivity index (χ0v) is 11.4. The lowest BCUT2D eigenvalue weighted by molar-refractivity contribution is 0.295. The molecule has 5 heteroatoms. The normalized spacial score (nSPS) is 26.8. The molecule has 1 aromatic heterocycles. The molecule has 1 unspecified atom stereocenters. The van der Waals surface area contributed by atoms with Gasteiger partial charge in [-0.3, -0.25) is 0 Å². The highest BCUT2D eigenvalue weighted by Gasteiger charge is 2.21. The fourth-order valence-corrected chi connectivity index (χ4v) is 2.64. The Labute approximate surface area is 110 Å². The summed E-state index contributed by atoms with van der Waals surface area (Å²) in [6, 6.07) is 0.445. The number of nitrogens with zero attached hydrogens (tertiary/aromatic N) is 2. The number of hydrogen-bond donors (Lipinski definition) is 2. The fraction of sp³-hybridized carbons (Fsp3) is 0.667. The molecule has 0 spiro atoms. The molecule has 94 valence electrons. The van der Waals surface area contributed by atoms with Crippen LogP contribution in [0.2, 0.25) is 0 Å². The number of hydrogen-bond acceptors (Lipinski definition) is 4. The average molecular weight is 299 g/mol. The van der Waals surface area contributed by atoms with Crippen LogP contribution in [0.5, 0.6) is 0 Å². The highest BCUT2D eigenvalue weighted by atomic mass is 79.9. The van der Waals surface area contributed by atoms with Gasteiger partial charge in [-0.05, 0) is 54.0 Å². The van der Waals surface area contributed by atoms with E-state index in [9.17, 15) is 0 Å². The molecule has 0 radical (unpaired) electrons. The van der Waals surface area contributed by atoms with Gasteiger partial charge < -0.3 is 11.5 Å². The summed E-state index contributed by atoms with van der Waals surface area (Å²) in [5.74, 6) is 0.702. The van der Waals surface area contributed by atoms with E-state index in [2.05, 4.69) is 25.9 Å². The molecule has 1 aliphatic rings. The van der Waals surface area contributed by atoms with Crippen LogP contribution in [0, 0.1) is 5.92 Å². The monoisotopic (exact) mass is 298 g/mol. The molecule has 0 aromatic carbocycles. The van der Waals surface area contributed by atoms with E-state index >= 15 is 0 Å². The van der Waals surface area contributed by atoms with Gasteiger partial charge in [-0.2, -0.15) is 0 Å². The zero-order valence-electron chi connectivity index (χ0n) is 9.85. The van der Waals surface area contributed by atoms with Crippen LogP contribution in [0.15, 0.2) is 17.1 Å². The molecule has 2 rings (SSSR count). The first-order valence-electron chi connectivity index (χ1n) is 6.13. The quantitative estimate of drug-likeness (QED) is 0.838. The summed E-state index contributed by atoms with van der Waals surface area (Å²) in [5, 5.41) is 0. The maximum Gasteiger partial charge on any atom is 0.196 e. The molecule has 1 aliphatic carbocycles. The number of aromatic nitrogens is 2. The Balaban J connectivity index is 1.88. The minimum absolute atomic E-state index is 0.0439. The SMILES string of the molecule is NC1CCC(CC(N)c2cnc(Br)nc2)CC1. The van der Waals surface area contributed by atoms with E-state index in [0.29, 0.717) is 16.7 Å². The largest absolute Gasteiger partial charge is 0.328 e. The van der Waals surface area contributed by atoms with Gasteiger partial charge in [0, 0.05) is 30.0 Å². The third-order valence-corrected chi connectivity index (χ3v) is 3.96. The third kappa shape index (κ3) is 3.72. The summed E-state index contributed by atoms with van der Waals surface area (Å²) < 4.78 is 0.608. The van der Waals surface area contributed by atoms with Crippen molar-refractivity contribution >= 4 is 15.9 Å². The van der Waals surface area contributed by atoms with Gasteiger partial charge in [0.15, 0.2) is 4.73 Å². The molecule has 1 aromatic rings. The first-order valence-corrected chi connectivity index (χ1v) is 6.93. The van der Waals surface area contributed by atoms with E-state index in [1.807, 2.05) is 0 Å². The molecular weight excluding hydrogens is 280 g/mol. The molecule has 1 heterocycles. The van der Waals surface area contributed by atoms with Crippen LogP contribution >= 0.6 is 15.9 Å². The van der Waals surface area contributed by atoms with Crippen molar-refractivity contribution in [3.63, 3.8) is 0 Å². The average Bonchev–Trinajstić information content (AvgIpc) is 2.33. The molecule has 0 amide bonds. The molecule has 0 saturated heterocycles. The second kappa shape index (κ2) is 5.89. The van der Waals surface area contributed by atoms with Crippen molar-refractivity contribution in [1.82, 2.24) is 9.97 Å². The van der Waals surface area contributed by atoms with Gasteiger partial charge in [-0.15, -0.1) is 0 Å². The van der Waals surface area contributed by atoms with E-state index in [-0.39, 0.29) is 6.04 Å². The maximum atomic E-state index is 6.18. The van der Waals surface area contributed by atoms with E-state index in [1.54, 1.807) is 12.4 Å². The highest BCUT2D eigenvalue weighted by molar-refractivity contribution is 9.10. The molecule has 4 N–H and O–H groups in total. The third-order valence-electron chi connectivity index (χ3n) is 3.55. The Morgan fingerprint density at radius 3 is 2.41 bits per heavy atom. The van der Waals surface area contributed by atoms with Gasteiger partial charge in [0.2, 0.25) is 0 Å². The van der Waals surface area contributed by atoms with Crippen LogP contribution < -0.4 is 11.5 Å². The summed E-state index contributed by atoms with van der Waals surface area (Å²) in [6.45, 7) is 0. The molecule has 1 atom stereocenters. The highest BCUT2D eigenvalue weighted by Crippen LogP contribution is 2.30. The Morgan fingerprint density at radius 2 is 1.82 bits per heavy atom. The molecule has 0 bridgehead atoms. The van der Waals surface area contributed by atoms with Crippen LogP contribution in [0.3, 0.4) is 0 Å². The lowest BCUT2D eigenvalue weighted by atomic mass is 9.82. The van der Waals surface area contributed by atoms with Gasteiger partial charge in [-0.25, -0.2) is 9.97 Å². The molecule has 17 heavy (non-hydrogen) atoms. The first-order chi connectivity index (χ1) is 8.15. The number of halogens is 1. The maximum absolute atomic E-state index is 6.18. The molecule has 1 saturated carbocycles. The lowest BCUT2D eigenvalue weighted by Gasteiger charge is -2.27. The van der Waals surface area contributed by atoms with E-state index in [4.69, 9.17) is 11.5 Å². The molecule has 0 aliphatic heterocycles. The number of rotatable bonds is 3. The van der Waals surface area contributed by atoms with Gasteiger partial charge in [0.05, 0.1) is 0 Å². The minimum Gasteiger partial charge on any atom is -0.328 e. The van der Waals surface area contributed by atoms with Crippen molar-refractivity contribution in [3.8, 4) is 0 Å². The van der Waals surface area contributed by atoms with Crippen molar-refractivity contribution in [2.75, 3.05) is 0 Å². The fourth-order valence-electron chi connectivity index (χ4n) is 2.43. The van der Waals surface area contributed by atoms with Gasteiger partial charge in [-0.1, -0.05) is 0 Å². The minimum atomic E-state index is 0.0439. The van der Waals surface area contributed by atoms with Crippen LogP contribution in [0.1, 0.15) is 43.7 Å². The Kier molecular flexibility index (Phi) is 4.48. The van der Waals surface area contributed by atoms with E-state index in [0.717, 1.165) is 24.8 Å². The van der Waals surface area contributed by atoms with Crippen LogP contribution in [0.4, 0.5) is 0 Å². The predicted octanol–water partition coefficient (Wildman–Crippen LogP) is 2.15. The second-order valence-electron chi connectivity index (χ2n) is 4.91. The number of nitrogens with two attached hydrogens (primary N) is 2. The summed E-state index contributed by atoms with van der Waals surface area (Å²) in [6.07, 6.45) is 9.28. The Hall–Kier alpha value is -0.520. The molecular formula is C12H19BrN4. The van der Waals surface area contributed by atoms with Gasteiger partial charge in [0.25, 0.3) is 0 Å². The first kappa shape index (κ1) is 12.9. The topological polar surface area (TPSA) is 77.8 Å². The smallest absolute Gasteiger partial charge is 0.196 e. The van der Waals surface area contributed by atoms with Crippen LogP contribution in [0.25, 0.3) is 0 Å². The van der Waals surface area contributed by atoms with Crippen molar-refractivity contribution in [3.05, 3.63) is 22.7 Å². The summed E-state index contributed by atoms with van der Waals surface area (Å²) in [7, 11) is 0. The zero-order chi connectivity index (χ0) is 12.3. The lowest BCUT2D eigenvalue weighted by Crippen LogP contribution is -2.28. The standard InChI is InChI=1S/C12H19BrN4/c13-12-16-6-9(7-17-12)11(15)5-8-1-3-10(14)4-2-8/h6-8,10-11H,1-5,14-15H2. The van der Waals surface area contributed by atoms with Gasteiger partial charge in [0.1, 0.15) is 0 Å². The van der Waals surface area contributed by atoms with Crippen molar-refractivity contribution < 1.29 is 0 Å². The summed E-state index contributed by atoms with van der Waals surface area (Å²) >= 11 is 3.22. The van der Waals surface area contributed by atoms with Gasteiger partial charge >= 0.3 is 0 Å². The predicted molar refractivity (Wildman–Crippen MR) is 71.2 cm³/mol. The molecule has 4 nitrogen and oxygen atoms in total. The van der Waals surface area contributed by atoms with Crippen molar-refractivity contribution in [2.45, 2.75) is 44.2 Å². The van der Waals surface area contributed by atoms with Crippen molar-refractivity contribution in [1.29, 1.82) is 0 Å². The van der Waals surface area contributed by atoms with E-state index < -0.39 is 0 Å². The Morgan fingerprint density at radius 1 is 1.24 bits per heavy atom. The van der Waals surface area contributed by atoms with Crippen LogP contribution in [-0.4, -0.2) is 16.0 Å².